The summed E-state index contributed by atoms with van der Waals surface area (Å²) in [4.78, 5) is 31.3. The molecule has 0 aliphatic carbocycles. The number of allylic oxidation sites excluding steroid dienone is 1. The van der Waals surface area contributed by atoms with E-state index in [1.54, 1.807) is 23.9 Å². The van der Waals surface area contributed by atoms with E-state index >= 15 is 0 Å². The smallest absolute Gasteiger partial charge is 0.323 e. The summed E-state index contributed by atoms with van der Waals surface area (Å²) >= 11 is 3.16. The Balaban J connectivity index is 1.47. The van der Waals surface area contributed by atoms with Crippen LogP contribution < -0.4 is 4.90 Å². The molecule has 3 aromatic rings. The van der Waals surface area contributed by atoms with E-state index in [1.165, 1.54) is 28.4 Å². The number of aryl methyl sites for hydroxylation is 2. The molecule has 1 aromatic heterocycles. The zero-order valence-corrected chi connectivity index (χ0v) is 20.0. The number of anilines is 1. The van der Waals surface area contributed by atoms with Gasteiger partial charge in [-0.1, -0.05) is 30.8 Å². The maximum absolute atomic E-state index is 13.8. The van der Waals surface area contributed by atoms with Crippen molar-refractivity contribution in [1.29, 1.82) is 0 Å². The van der Waals surface area contributed by atoms with Crippen LogP contribution in [0.15, 0.2) is 60.0 Å². The second-order valence-corrected chi connectivity index (χ2v) is 10.0. The number of carbonyl (C=O) groups is 2. The number of carboxylic acids is 1. The van der Waals surface area contributed by atoms with Crippen LogP contribution in [0.1, 0.15) is 28.1 Å². The largest absolute Gasteiger partial charge is 0.480 e. The van der Waals surface area contributed by atoms with Crippen molar-refractivity contribution in [3.8, 4) is 10.6 Å². The van der Waals surface area contributed by atoms with Gasteiger partial charge in [-0.05, 0) is 43.2 Å². The molecule has 1 N–H and O–H groups in total. The van der Waals surface area contributed by atoms with Gasteiger partial charge < -0.3 is 10.0 Å². The third-order valence-corrected chi connectivity index (χ3v) is 7.99. The molecule has 1 aliphatic rings. The average molecular weight is 501 g/mol. The second-order valence-electron chi connectivity index (χ2n) is 7.88. The van der Waals surface area contributed by atoms with Crippen LogP contribution in [0.25, 0.3) is 10.6 Å². The van der Waals surface area contributed by atoms with Crippen LogP contribution >= 0.6 is 23.1 Å². The van der Waals surface area contributed by atoms with E-state index in [2.05, 4.69) is 11.6 Å². The number of carboxylic acid groups (broad SMARTS) is 1. The zero-order chi connectivity index (χ0) is 24.5. The third kappa shape index (κ3) is 5.05. The molecule has 0 atom stereocenters. The molecular weight excluding hydrogens is 478 g/mol. The van der Waals surface area contributed by atoms with Crippen molar-refractivity contribution in [2.24, 2.45) is 0 Å². The van der Waals surface area contributed by atoms with Gasteiger partial charge in [0.15, 0.2) is 0 Å². The van der Waals surface area contributed by atoms with E-state index in [0.29, 0.717) is 30.4 Å². The van der Waals surface area contributed by atoms with Crippen LogP contribution in [0.5, 0.6) is 0 Å². The lowest BCUT2D eigenvalue weighted by atomic mass is 10.0. The van der Waals surface area contributed by atoms with Crippen LogP contribution in [0.3, 0.4) is 0 Å². The minimum Gasteiger partial charge on any atom is -0.480 e. The number of rotatable bonds is 8. The number of carbonyl (C=O) groups excluding carboxylic acids is 1. The molecule has 9 heteroatoms. The number of alkyl halides is 2. The molecule has 0 radical (unpaired) electrons. The zero-order valence-electron chi connectivity index (χ0n) is 18.4. The first-order chi connectivity index (χ1) is 16.2. The number of halogens is 2. The molecule has 176 valence electrons. The van der Waals surface area contributed by atoms with Gasteiger partial charge in [0.2, 0.25) is 5.91 Å². The van der Waals surface area contributed by atoms with Crippen LogP contribution in [0.2, 0.25) is 0 Å². The van der Waals surface area contributed by atoms with E-state index in [9.17, 15) is 18.4 Å². The summed E-state index contributed by atoms with van der Waals surface area (Å²) in [5, 5.41) is 9.88. The fraction of sp³-hybridized carbons (Fsp3) is 0.240. The predicted octanol–water partition coefficient (Wildman–Crippen LogP) is 6.05. The Kier molecular flexibility index (Phi) is 6.86. The van der Waals surface area contributed by atoms with E-state index in [-0.39, 0.29) is 18.0 Å². The van der Waals surface area contributed by atoms with Gasteiger partial charge in [-0.15, -0.1) is 23.1 Å². The van der Waals surface area contributed by atoms with Gasteiger partial charge in [0.05, 0.1) is 5.69 Å². The molecule has 1 aliphatic heterocycles. The number of benzene rings is 2. The van der Waals surface area contributed by atoms with E-state index < -0.39 is 11.9 Å². The van der Waals surface area contributed by atoms with Crippen molar-refractivity contribution in [3.63, 3.8) is 0 Å². The minimum atomic E-state index is -3.06. The lowest BCUT2D eigenvalue weighted by molar-refractivity contribution is -0.136. The molecule has 0 bridgehead atoms. The number of thiazole rings is 1. The van der Waals surface area contributed by atoms with Gasteiger partial charge in [0, 0.05) is 38.8 Å². The number of hydrogen-bond acceptors (Lipinski definition) is 5. The summed E-state index contributed by atoms with van der Waals surface area (Å²) in [6.45, 7) is 4.78. The standard InChI is InChI=1S/C25H22F2N2O3S2/c1-3-25(26,27)18-7-4-16(5-8-18)24-28-15(2)21(34-24)14-33-19-9-10-20-17(12-19)6-11-22(30)29(20)13-23(31)32/h3-5,7-10,12H,1,6,11,13-14H2,2H3,(H,31,32). The Bertz CT molecular complexity index is 1260. The molecule has 2 aromatic carbocycles. The SMILES string of the molecule is C=CC(F)(F)c1ccc(-c2nc(C)c(CSc3ccc4c(c3)CCC(=O)N4CC(=O)O)s2)cc1. The first-order valence-electron chi connectivity index (χ1n) is 10.5. The summed E-state index contributed by atoms with van der Waals surface area (Å²) in [6, 6.07) is 11.8. The van der Waals surface area contributed by atoms with Crippen molar-refractivity contribution < 1.29 is 23.5 Å². The molecule has 4 rings (SSSR count). The summed E-state index contributed by atoms with van der Waals surface area (Å²) < 4.78 is 27.5. The predicted molar refractivity (Wildman–Crippen MR) is 131 cm³/mol. The van der Waals surface area contributed by atoms with Gasteiger partial charge >= 0.3 is 5.97 Å². The number of aromatic nitrogens is 1. The molecule has 0 spiro atoms. The van der Waals surface area contributed by atoms with Crippen molar-refractivity contribution in [1.82, 2.24) is 4.98 Å². The van der Waals surface area contributed by atoms with Gasteiger partial charge in [0.1, 0.15) is 11.6 Å². The van der Waals surface area contributed by atoms with Crippen LogP contribution in [0, 0.1) is 6.92 Å². The van der Waals surface area contributed by atoms with E-state index in [0.717, 1.165) is 31.6 Å². The second kappa shape index (κ2) is 9.68. The lowest BCUT2D eigenvalue weighted by Gasteiger charge is -2.28. The maximum Gasteiger partial charge on any atom is 0.323 e. The Hall–Kier alpha value is -3.04. The van der Waals surface area contributed by atoms with Crippen LogP contribution in [-0.4, -0.2) is 28.5 Å². The normalized spacial score (nSPS) is 13.6. The number of amides is 1. The number of fused-ring (bicyclic) bond motifs is 1. The summed E-state index contributed by atoms with van der Waals surface area (Å²) in [7, 11) is 0. The van der Waals surface area contributed by atoms with Crippen molar-refractivity contribution >= 4 is 40.7 Å². The molecule has 34 heavy (non-hydrogen) atoms. The molecule has 0 saturated carbocycles. The highest BCUT2D eigenvalue weighted by molar-refractivity contribution is 7.98. The third-order valence-electron chi connectivity index (χ3n) is 5.58. The molecule has 0 fully saturated rings. The molecule has 1 amide bonds. The monoisotopic (exact) mass is 500 g/mol. The molecule has 0 saturated heterocycles. The van der Waals surface area contributed by atoms with Gasteiger partial charge in [-0.2, -0.15) is 8.78 Å². The molecule has 2 heterocycles. The first kappa shape index (κ1) is 24.1. The van der Waals surface area contributed by atoms with Crippen LogP contribution in [0.4, 0.5) is 14.5 Å². The summed E-state index contributed by atoms with van der Waals surface area (Å²) in [5.74, 6) is -3.59. The summed E-state index contributed by atoms with van der Waals surface area (Å²) in [6.07, 6.45) is 1.51. The first-order valence-corrected chi connectivity index (χ1v) is 12.3. The van der Waals surface area contributed by atoms with Crippen LogP contribution in [-0.2, 0) is 27.7 Å². The Morgan fingerprint density at radius 3 is 2.68 bits per heavy atom. The Morgan fingerprint density at radius 1 is 1.26 bits per heavy atom. The van der Waals surface area contributed by atoms with Crippen molar-refractivity contribution in [2.45, 2.75) is 36.3 Å². The average Bonchev–Trinajstić information content (AvgIpc) is 3.19. The van der Waals surface area contributed by atoms with Crippen molar-refractivity contribution in [2.75, 3.05) is 11.4 Å². The van der Waals surface area contributed by atoms with E-state index in [1.807, 2.05) is 25.1 Å². The number of hydrogen-bond donors (Lipinski definition) is 1. The maximum atomic E-state index is 13.8. The minimum absolute atomic E-state index is 0.105. The highest BCUT2D eigenvalue weighted by Gasteiger charge is 2.27. The fourth-order valence-corrected chi connectivity index (χ4v) is 5.89. The van der Waals surface area contributed by atoms with Gasteiger partial charge in [-0.25, -0.2) is 4.98 Å². The Morgan fingerprint density at radius 2 is 2.00 bits per heavy atom. The number of thioether (sulfide) groups is 1. The summed E-state index contributed by atoms with van der Waals surface area (Å²) in [5.41, 5.74) is 3.19. The molecule has 5 nitrogen and oxygen atoms in total. The fourth-order valence-electron chi connectivity index (χ4n) is 3.72. The van der Waals surface area contributed by atoms with Gasteiger partial charge in [-0.3, -0.25) is 9.59 Å². The van der Waals surface area contributed by atoms with Crippen molar-refractivity contribution in [3.05, 3.63) is 76.8 Å². The number of nitrogens with zero attached hydrogens (tertiary/aromatic N) is 2. The molecule has 0 unspecified atom stereocenters. The van der Waals surface area contributed by atoms with Gasteiger partial charge in [0.25, 0.3) is 5.92 Å². The topological polar surface area (TPSA) is 70.5 Å². The lowest BCUT2D eigenvalue weighted by Crippen LogP contribution is -2.38. The van der Waals surface area contributed by atoms with E-state index in [4.69, 9.17) is 5.11 Å². The Labute approximate surface area is 204 Å². The highest BCUT2D eigenvalue weighted by Crippen LogP contribution is 2.37. The highest BCUT2D eigenvalue weighted by atomic mass is 32.2. The number of aliphatic carboxylic acids is 1. The molecular formula is C25H22F2N2O3S2. The quantitative estimate of drug-likeness (QED) is 0.301.